The average molecular weight is 720 g/mol. The van der Waals surface area contributed by atoms with Gasteiger partial charge in [0, 0.05) is 63.6 Å². The van der Waals surface area contributed by atoms with E-state index in [1.54, 1.807) is 18.2 Å². The molecule has 1 aromatic heterocycles. The molecule has 14 nitrogen and oxygen atoms in total. The molecule has 0 aliphatic carbocycles. The molecule has 0 bridgehead atoms. The summed E-state index contributed by atoms with van der Waals surface area (Å²) < 4.78 is 48.9. The number of alkyl halides is 2. The molecule has 4 rings (SSSR count). The van der Waals surface area contributed by atoms with Gasteiger partial charge in [0.2, 0.25) is 5.91 Å². The normalized spacial score (nSPS) is 16.1. The molecule has 1 aromatic carbocycles. The van der Waals surface area contributed by atoms with Crippen LogP contribution < -0.4 is 10.1 Å². The molecule has 2 aliphatic rings. The number of pyridine rings is 1. The Kier molecular flexibility index (Phi) is 14.3. The maximum absolute atomic E-state index is 13.8. The number of hydrogen-bond acceptors (Lipinski definition) is 10. The Labute approximate surface area is 295 Å². The molecule has 280 valence electrons. The Hall–Kier alpha value is -4.60. The van der Waals surface area contributed by atoms with Gasteiger partial charge in [-0.1, -0.05) is 19.4 Å². The zero-order valence-corrected chi connectivity index (χ0v) is 29.4. The maximum Gasteiger partial charge on any atom is 0.409 e. The number of likely N-dealkylation sites (tertiary alicyclic amines) is 1. The third kappa shape index (κ3) is 11.5. The third-order valence-electron chi connectivity index (χ3n) is 8.54. The molecule has 2 aromatic rings. The van der Waals surface area contributed by atoms with Gasteiger partial charge in [-0.2, -0.15) is 0 Å². The van der Waals surface area contributed by atoms with E-state index in [1.807, 2.05) is 20.8 Å². The summed E-state index contributed by atoms with van der Waals surface area (Å²) in [4.78, 5) is 73.7. The molecule has 0 saturated carbocycles. The van der Waals surface area contributed by atoms with E-state index in [-0.39, 0.29) is 70.2 Å². The van der Waals surface area contributed by atoms with Crippen molar-refractivity contribution in [3.63, 3.8) is 0 Å². The van der Waals surface area contributed by atoms with E-state index in [0.29, 0.717) is 24.1 Å². The number of aromatic nitrogens is 1. The standard InChI is InChI=1S/C35H47F2N5O9/c1-4-6-17-50-34(47)41-15-13-40(14-16-41)33(46)26(9-10-31(44)49-19-18-48-5-2)39-32(45)28-21-29(25-8-7-24(3)20-27(25)38-28)51-22-30(43)42-12-11-35(36,37)23-42/h7-8,20-21,26H,4-6,9-19,22-23H2,1-3H3,(H,39,45)/t26-/m0/s1. The van der Waals surface area contributed by atoms with Gasteiger partial charge in [0.1, 0.15) is 24.1 Å². The molecule has 3 heterocycles. The lowest BCUT2D eigenvalue weighted by atomic mass is 10.1. The summed E-state index contributed by atoms with van der Waals surface area (Å²) in [6.07, 6.45) is 0.494. The number of ether oxygens (including phenoxy) is 4. The van der Waals surface area contributed by atoms with Gasteiger partial charge in [-0.15, -0.1) is 0 Å². The van der Waals surface area contributed by atoms with Crippen LogP contribution in [0.15, 0.2) is 24.3 Å². The first-order valence-corrected chi connectivity index (χ1v) is 17.3. The van der Waals surface area contributed by atoms with Crippen LogP contribution in [0.5, 0.6) is 5.75 Å². The van der Waals surface area contributed by atoms with Crippen LogP contribution in [0.2, 0.25) is 0 Å². The smallest absolute Gasteiger partial charge is 0.409 e. The maximum atomic E-state index is 13.8. The van der Waals surface area contributed by atoms with Gasteiger partial charge in [0.25, 0.3) is 17.7 Å². The number of halogens is 2. The van der Waals surface area contributed by atoms with Crippen LogP contribution in [0.1, 0.15) is 62.0 Å². The molecule has 2 fully saturated rings. The second kappa shape index (κ2) is 18.6. The first-order valence-electron chi connectivity index (χ1n) is 17.3. The molecule has 4 amide bonds. The summed E-state index contributed by atoms with van der Waals surface area (Å²) in [6, 6.07) is 5.40. The minimum Gasteiger partial charge on any atom is -0.483 e. The van der Waals surface area contributed by atoms with Crippen molar-refractivity contribution in [2.75, 3.05) is 72.3 Å². The molecule has 2 aliphatic heterocycles. The van der Waals surface area contributed by atoms with E-state index in [0.717, 1.165) is 23.3 Å². The Bertz CT molecular complexity index is 1550. The molecular weight excluding hydrogens is 672 g/mol. The van der Waals surface area contributed by atoms with Gasteiger partial charge in [0.15, 0.2) is 6.61 Å². The van der Waals surface area contributed by atoms with Gasteiger partial charge in [-0.3, -0.25) is 19.2 Å². The number of amides is 4. The van der Waals surface area contributed by atoms with Crippen LogP contribution in [0, 0.1) is 6.92 Å². The lowest BCUT2D eigenvalue weighted by molar-refractivity contribution is -0.145. The molecule has 51 heavy (non-hydrogen) atoms. The number of esters is 1. The number of unbranched alkanes of at least 4 members (excludes halogenated alkanes) is 1. The number of piperazine rings is 1. The Morgan fingerprint density at radius 1 is 0.941 bits per heavy atom. The number of nitrogens with zero attached hydrogens (tertiary/aromatic N) is 4. The molecule has 0 spiro atoms. The molecule has 1 atom stereocenters. The van der Waals surface area contributed by atoms with Gasteiger partial charge < -0.3 is 39.0 Å². The number of carbonyl (C=O) groups is 5. The molecule has 0 unspecified atom stereocenters. The van der Waals surface area contributed by atoms with Gasteiger partial charge in [0.05, 0.1) is 25.3 Å². The fourth-order valence-corrected chi connectivity index (χ4v) is 5.63. The highest BCUT2D eigenvalue weighted by molar-refractivity contribution is 5.99. The quantitative estimate of drug-likeness (QED) is 0.202. The second-order valence-corrected chi connectivity index (χ2v) is 12.5. The van der Waals surface area contributed by atoms with Crippen LogP contribution in [-0.4, -0.2) is 134 Å². The fraction of sp³-hybridized carbons (Fsp3) is 0.600. The molecule has 1 N–H and O–H groups in total. The molecule has 0 radical (unpaired) electrons. The highest BCUT2D eigenvalue weighted by Crippen LogP contribution is 2.29. The second-order valence-electron chi connectivity index (χ2n) is 12.5. The van der Waals surface area contributed by atoms with Crippen LogP contribution in [-0.2, 0) is 28.6 Å². The van der Waals surface area contributed by atoms with Crippen molar-refractivity contribution < 1.29 is 51.7 Å². The summed E-state index contributed by atoms with van der Waals surface area (Å²) in [5.74, 6) is -5.21. The highest BCUT2D eigenvalue weighted by Gasteiger charge is 2.40. The Morgan fingerprint density at radius 2 is 1.69 bits per heavy atom. The van der Waals surface area contributed by atoms with Crippen LogP contribution in [0.25, 0.3) is 10.9 Å². The third-order valence-corrected chi connectivity index (χ3v) is 8.54. The summed E-state index contributed by atoms with van der Waals surface area (Å²) in [5, 5.41) is 3.20. The predicted molar refractivity (Wildman–Crippen MR) is 180 cm³/mol. The number of nitrogens with one attached hydrogen (secondary N) is 1. The Morgan fingerprint density at radius 3 is 2.37 bits per heavy atom. The van der Waals surface area contributed by atoms with Gasteiger partial charge >= 0.3 is 12.1 Å². The van der Waals surface area contributed by atoms with Crippen LogP contribution >= 0.6 is 0 Å². The minimum absolute atomic E-state index is 0.0415. The lowest BCUT2D eigenvalue weighted by Crippen LogP contribution is -2.56. The van der Waals surface area contributed by atoms with E-state index in [1.165, 1.54) is 15.9 Å². The number of aryl methyl sites for hydroxylation is 1. The van der Waals surface area contributed by atoms with Crippen molar-refractivity contribution in [2.24, 2.45) is 0 Å². The van der Waals surface area contributed by atoms with Gasteiger partial charge in [-0.05, 0) is 44.4 Å². The molecular formula is C35H47F2N5O9. The topological polar surface area (TPSA) is 157 Å². The number of benzene rings is 1. The monoisotopic (exact) mass is 719 g/mol. The highest BCUT2D eigenvalue weighted by atomic mass is 19.3. The summed E-state index contributed by atoms with van der Waals surface area (Å²) >= 11 is 0. The predicted octanol–water partition coefficient (Wildman–Crippen LogP) is 3.33. The van der Waals surface area contributed by atoms with Gasteiger partial charge in [-0.25, -0.2) is 18.6 Å². The summed E-state index contributed by atoms with van der Waals surface area (Å²) in [6.45, 7) is 6.21. The number of hydrogen-bond donors (Lipinski definition) is 1. The van der Waals surface area contributed by atoms with Crippen molar-refractivity contribution in [3.8, 4) is 5.75 Å². The minimum atomic E-state index is -2.95. The SMILES string of the molecule is CCCCOC(=O)N1CCN(C(=O)[C@H](CCC(=O)OCCOCC)NC(=O)c2cc(OCC(=O)N3CCC(F)(F)C3)c3ccc(C)cc3n2)CC1. The van der Waals surface area contributed by atoms with E-state index in [4.69, 9.17) is 18.9 Å². The van der Waals surface area contributed by atoms with Crippen molar-refractivity contribution in [2.45, 2.75) is 64.8 Å². The average Bonchev–Trinajstić information content (AvgIpc) is 3.49. The molecule has 16 heteroatoms. The first kappa shape index (κ1) is 39.2. The Balaban J connectivity index is 1.49. The summed E-state index contributed by atoms with van der Waals surface area (Å²) in [5.41, 5.74) is 1.08. The number of fused-ring (bicyclic) bond motifs is 1. The fourth-order valence-electron chi connectivity index (χ4n) is 5.63. The van der Waals surface area contributed by atoms with Crippen LogP contribution in [0.3, 0.4) is 0 Å². The lowest BCUT2D eigenvalue weighted by Gasteiger charge is -2.36. The van der Waals surface area contributed by atoms with Crippen molar-refractivity contribution >= 4 is 40.7 Å². The first-order chi connectivity index (χ1) is 24.4. The number of carbonyl (C=O) groups excluding carboxylic acids is 5. The van der Waals surface area contributed by atoms with Crippen molar-refractivity contribution in [1.82, 2.24) is 25.0 Å². The van der Waals surface area contributed by atoms with E-state index in [2.05, 4.69) is 10.3 Å². The van der Waals surface area contributed by atoms with Crippen LogP contribution in [0.4, 0.5) is 13.6 Å². The molecule has 2 saturated heterocycles. The van der Waals surface area contributed by atoms with E-state index in [9.17, 15) is 32.8 Å². The van der Waals surface area contributed by atoms with Crippen molar-refractivity contribution in [3.05, 3.63) is 35.5 Å². The zero-order chi connectivity index (χ0) is 37.0. The summed E-state index contributed by atoms with van der Waals surface area (Å²) in [7, 11) is 0. The number of rotatable bonds is 16. The largest absolute Gasteiger partial charge is 0.483 e. The van der Waals surface area contributed by atoms with E-state index >= 15 is 0 Å². The zero-order valence-electron chi connectivity index (χ0n) is 29.4. The van der Waals surface area contributed by atoms with E-state index < -0.39 is 61.3 Å². The van der Waals surface area contributed by atoms with Crippen molar-refractivity contribution in [1.29, 1.82) is 0 Å².